The zero-order chi connectivity index (χ0) is 16.4. The van der Waals surface area contributed by atoms with Gasteiger partial charge in [0.25, 0.3) is 0 Å². The molecule has 4 nitrogen and oxygen atoms in total. The van der Waals surface area contributed by atoms with Gasteiger partial charge in [-0.05, 0) is 24.1 Å². The number of rotatable bonds is 4. The summed E-state index contributed by atoms with van der Waals surface area (Å²) in [6.45, 7) is 10.6. The van der Waals surface area contributed by atoms with Gasteiger partial charge in [-0.2, -0.15) is 0 Å². The number of carbonyl (C=O) groups excluding carboxylic acids is 1. The molecule has 0 radical (unpaired) electrons. The highest BCUT2D eigenvalue weighted by Gasteiger charge is 2.23. The van der Waals surface area contributed by atoms with E-state index < -0.39 is 0 Å². The smallest absolute Gasteiger partial charge is 0.225 e. The zero-order valence-corrected chi connectivity index (χ0v) is 15.0. The molecule has 2 aromatic rings. The predicted molar refractivity (Wildman–Crippen MR) is 95.7 cm³/mol. The van der Waals surface area contributed by atoms with Crippen LogP contribution in [0.25, 0.3) is 10.2 Å². The molecular formula is C18H25N3OS. The Morgan fingerprint density at radius 3 is 2.65 bits per heavy atom. The molecule has 0 bridgehead atoms. The van der Waals surface area contributed by atoms with Gasteiger partial charge < -0.3 is 4.90 Å². The molecular weight excluding hydrogens is 306 g/mol. The summed E-state index contributed by atoms with van der Waals surface area (Å²) in [5.41, 5.74) is 2.48. The summed E-state index contributed by atoms with van der Waals surface area (Å²) in [6.07, 6.45) is 1.06. The average Bonchev–Trinajstić information content (AvgIpc) is 2.95. The van der Waals surface area contributed by atoms with Gasteiger partial charge in [-0.3, -0.25) is 9.69 Å². The van der Waals surface area contributed by atoms with Crippen LogP contribution in [0, 0.1) is 5.92 Å². The van der Waals surface area contributed by atoms with Gasteiger partial charge in [-0.15, -0.1) is 11.3 Å². The van der Waals surface area contributed by atoms with Crippen LogP contribution in [0.4, 0.5) is 0 Å². The van der Waals surface area contributed by atoms with Gasteiger partial charge in [0.15, 0.2) is 0 Å². The molecule has 1 aliphatic heterocycles. The number of nitrogens with zero attached hydrogens (tertiary/aromatic N) is 3. The molecule has 2 heterocycles. The summed E-state index contributed by atoms with van der Waals surface area (Å²) in [5.74, 6) is 0.371. The van der Waals surface area contributed by atoms with E-state index in [2.05, 4.69) is 30.0 Å². The molecule has 0 aliphatic carbocycles. The molecule has 0 atom stereocenters. The van der Waals surface area contributed by atoms with Gasteiger partial charge in [-0.25, -0.2) is 4.98 Å². The van der Waals surface area contributed by atoms with Crippen LogP contribution >= 0.6 is 11.3 Å². The Hall–Kier alpha value is -1.46. The summed E-state index contributed by atoms with van der Waals surface area (Å²) in [5, 5.41) is 1.18. The first kappa shape index (κ1) is 16.4. The van der Waals surface area contributed by atoms with Crippen LogP contribution < -0.4 is 0 Å². The summed E-state index contributed by atoms with van der Waals surface area (Å²) in [4.78, 5) is 21.2. The number of fused-ring (bicyclic) bond motifs is 1. The van der Waals surface area contributed by atoms with Crippen molar-refractivity contribution in [1.82, 2.24) is 14.8 Å². The first-order valence-electron chi connectivity index (χ1n) is 8.46. The lowest BCUT2D eigenvalue weighted by molar-refractivity contribution is -0.136. The Kier molecular flexibility index (Phi) is 4.97. The van der Waals surface area contributed by atoms with Crippen LogP contribution in [0.1, 0.15) is 31.3 Å². The minimum Gasteiger partial charge on any atom is -0.340 e. The number of thiazole rings is 1. The van der Waals surface area contributed by atoms with Gasteiger partial charge in [0.1, 0.15) is 5.01 Å². The number of benzene rings is 1. The van der Waals surface area contributed by atoms with Crippen molar-refractivity contribution in [3.05, 3.63) is 28.8 Å². The van der Waals surface area contributed by atoms with Crippen LogP contribution in [0.2, 0.25) is 0 Å². The van der Waals surface area contributed by atoms with Gasteiger partial charge in [0.05, 0.1) is 16.8 Å². The first-order chi connectivity index (χ1) is 11.1. The Morgan fingerprint density at radius 2 is 2.00 bits per heavy atom. The third-order valence-electron chi connectivity index (χ3n) is 4.44. The molecule has 1 aliphatic rings. The van der Waals surface area contributed by atoms with E-state index in [0.717, 1.165) is 44.7 Å². The number of carbonyl (C=O) groups is 1. The molecule has 3 rings (SSSR count). The highest BCUT2D eigenvalue weighted by Crippen LogP contribution is 2.25. The van der Waals surface area contributed by atoms with Crippen LogP contribution in [0.5, 0.6) is 0 Å². The quantitative estimate of drug-likeness (QED) is 0.863. The molecule has 1 aromatic heterocycles. The number of aromatic nitrogens is 1. The van der Waals surface area contributed by atoms with E-state index in [1.807, 2.05) is 18.7 Å². The SMILES string of the molecule is CCc1ccc2nc(CN3CCN(C(=O)C(C)C)CC3)sc2c1. The fourth-order valence-electron chi connectivity index (χ4n) is 2.99. The normalized spacial score (nSPS) is 16.4. The Morgan fingerprint density at radius 1 is 1.26 bits per heavy atom. The summed E-state index contributed by atoms with van der Waals surface area (Å²) < 4.78 is 1.29. The van der Waals surface area contributed by atoms with E-state index in [0.29, 0.717) is 0 Å². The lowest BCUT2D eigenvalue weighted by atomic mass is 10.1. The van der Waals surface area contributed by atoms with Crippen molar-refractivity contribution in [2.75, 3.05) is 26.2 Å². The summed E-state index contributed by atoms with van der Waals surface area (Å²) in [7, 11) is 0. The number of hydrogen-bond donors (Lipinski definition) is 0. The predicted octanol–water partition coefficient (Wildman–Crippen LogP) is 3.16. The van der Waals surface area contributed by atoms with E-state index in [9.17, 15) is 4.79 Å². The second-order valence-corrected chi connectivity index (χ2v) is 7.63. The third kappa shape index (κ3) is 3.72. The van der Waals surface area contributed by atoms with Crippen molar-refractivity contribution in [2.24, 2.45) is 5.92 Å². The molecule has 1 amide bonds. The van der Waals surface area contributed by atoms with Gasteiger partial charge in [-0.1, -0.05) is 26.8 Å². The molecule has 124 valence electrons. The van der Waals surface area contributed by atoms with E-state index in [-0.39, 0.29) is 11.8 Å². The Balaban J connectivity index is 1.61. The maximum atomic E-state index is 12.0. The van der Waals surface area contributed by atoms with Crippen molar-refractivity contribution < 1.29 is 4.79 Å². The van der Waals surface area contributed by atoms with Crippen LogP contribution in [-0.4, -0.2) is 46.9 Å². The van der Waals surface area contributed by atoms with Crippen molar-refractivity contribution in [3.63, 3.8) is 0 Å². The highest BCUT2D eigenvalue weighted by molar-refractivity contribution is 7.18. The molecule has 0 saturated carbocycles. The van der Waals surface area contributed by atoms with E-state index in [1.54, 1.807) is 11.3 Å². The largest absolute Gasteiger partial charge is 0.340 e. The fourth-order valence-corrected chi connectivity index (χ4v) is 4.06. The molecule has 0 N–H and O–H groups in total. The molecule has 23 heavy (non-hydrogen) atoms. The third-order valence-corrected chi connectivity index (χ3v) is 5.45. The Bertz CT molecular complexity index is 687. The van der Waals surface area contributed by atoms with E-state index in [4.69, 9.17) is 4.98 Å². The number of piperazine rings is 1. The minimum absolute atomic E-state index is 0.0959. The topological polar surface area (TPSA) is 36.4 Å². The lowest BCUT2D eigenvalue weighted by Crippen LogP contribution is -2.49. The highest BCUT2D eigenvalue weighted by atomic mass is 32.1. The van der Waals surface area contributed by atoms with Crippen molar-refractivity contribution in [3.8, 4) is 0 Å². The molecule has 1 saturated heterocycles. The van der Waals surface area contributed by atoms with E-state index in [1.165, 1.54) is 15.3 Å². The number of aryl methyl sites for hydroxylation is 1. The Labute approximate surface area is 142 Å². The average molecular weight is 331 g/mol. The maximum Gasteiger partial charge on any atom is 0.225 e. The minimum atomic E-state index is 0.0959. The molecule has 0 unspecified atom stereocenters. The second-order valence-electron chi connectivity index (χ2n) is 6.52. The van der Waals surface area contributed by atoms with E-state index >= 15 is 0 Å². The van der Waals surface area contributed by atoms with Gasteiger partial charge in [0.2, 0.25) is 5.91 Å². The van der Waals surface area contributed by atoms with Crippen LogP contribution in [-0.2, 0) is 17.8 Å². The first-order valence-corrected chi connectivity index (χ1v) is 9.28. The van der Waals surface area contributed by atoms with Crippen LogP contribution in [0.3, 0.4) is 0 Å². The van der Waals surface area contributed by atoms with Crippen molar-refractivity contribution >= 4 is 27.5 Å². The van der Waals surface area contributed by atoms with Crippen molar-refractivity contribution in [2.45, 2.75) is 33.7 Å². The molecule has 1 fully saturated rings. The monoisotopic (exact) mass is 331 g/mol. The van der Waals surface area contributed by atoms with Gasteiger partial charge >= 0.3 is 0 Å². The summed E-state index contributed by atoms with van der Waals surface area (Å²) in [6, 6.07) is 6.56. The molecule has 5 heteroatoms. The number of amides is 1. The lowest BCUT2D eigenvalue weighted by Gasteiger charge is -2.35. The van der Waals surface area contributed by atoms with Crippen molar-refractivity contribution in [1.29, 1.82) is 0 Å². The number of hydrogen-bond acceptors (Lipinski definition) is 4. The van der Waals surface area contributed by atoms with Gasteiger partial charge in [0, 0.05) is 32.1 Å². The second kappa shape index (κ2) is 6.97. The fraction of sp³-hybridized carbons (Fsp3) is 0.556. The summed E-state index contributed by atoms with van der Waals surface area (Å²) >= 11 is 1.80. The van der Waals surface area contributed by atoms with Crippen LogP contribution in [0.15, 0.2) is 18.2 Å². The maximum absolute atomic E-state index is 12.0. The molecule has 1 aromatic carbocycles. The molecule has 0 spiro atoms. The standard InChI is InChI=1S/C18H25N3OS/c1-4-14-5-6-15-16(11-14)23-17(19-15)12-20-7-9-21(10-8-20)18(22)13(2)3/h5-6,11,13H,4,7-10,12H2,1-3H3. The zero-order valence-electron chi connectivity index (χ0n) is 14.2.